The zero-order chi connectivity index (χ0) is 7.11. The van der Waals surface area contributed by atoms with Gasteiger partial charge >= 0.3 is 0 Å². The molecule has 0 N–H and O–H groups in total. The maximum Gasteiger partial charge on any atom is 0.231 e. The Balaban J connectivity index is 3.77. The lowest BCUT2D eigenvalue weighted by atomic mass is 10.6. The lowest BCUT2D eigenvalue weighted by Crippen LogP contribution is -1.36. The lowest BCUT2D eigenvalue weighted by molar-refractivity contribution is 1.76. The molecule has 0 aliphatic heterocycles. The Morgan fingerprint density at radius 2 is 3.33 bits per heavy atom. The van der Waals surface area contributed by atoms with E-state index in [-0.39, 0.29) is 0 Å². The van der Waals surface area contributed by atoms with E-state index in [4.69, 9.17) is 4.11 Å². The first-order valence-corrected chi connectivity index (χ1v) is 1.37. The first kappa shape index (κ1) is 1.63. The molecule has 0 spiro atoms. The van der Waals surface area contributed by atoms with Crippen LogP contribution in [-0.4, -0.2) is 0 Å². The molecular weight excluding hydrogens is 72.1 g/mol. The van der Waals surface area contributed by atoms with Crippen molar-refractivity contribution in [3.8, 4) is 12.3 Å². The van der Waals surface area contributed by atoms with Gasteiger partial charge in [0.05, 0.1) is 11.8 Å². The van der Waals surface area contributed by atoms with E-state index in [2.05, 4.69) is 17.7 Å². The van der Waals surface area contributed by atoms with Gasteiger partial charge in [-0.05, 0) is 0 Å². The summed E-state index contributed by atoms with van der Waals surface area (Å²) < 4.78 is 19.6. The topological polar surface area (TPSA) is 0 Å². The maximum absolute atomic E-state index is 6.63. The molecule has 0 aliphatic carbocycles. The Kier molecular flexibility index (Phi) is 1.08. The van der Waals surface area contributed by atoms with Crippen LogP contribution >= 0.6 is 0 Å². The molecule has 0 aromatic carbocycles. The van der Waals surface area contributed by atoms with Crippen LogP contribution in [0.15, 0.2) is 11.8 Å². The van der Waals surface area contributed by atoms with Gasteiger partial charge in [0.2, 0.25) is 1.37 Å². The molecule has 28 valence electrons. The Labute approximate surface area is 42.4 Å². The second-order valence-electron chi connectivity index (χ2n) is 0.561. The molecule has 0 saturated carbocycles. The SMILES string of the molecule is [2H]C#C[C+]=C=CC([2H])[2H]. The average Bonchev–Trinajstić information content (AvgIpc) is 1.80. The summed E-state index contributed by atoms with van der Waals surface area (Å²) in [5, 5.41) is 0. The lowest BCUT2D eigenvalue weighted by Gasteiger charge is -1.35. The smallest absolute Gasteiger partial charge is 0.00720 e. The Morgan fingerprint density at radius 3 is 4.00 bits per heavy atom. The summed E-state index contributed by atoms with van der Waals surface area (Å²) >= 11 is 0. The molecule has 0 saturated heterocycles. The third kappa shape index (κ3) is 2.99. The zero-order valence-electron chi connectivity index (χ0n) is 6.15. The number of terminal acetylenes is 1. The van der Waals surface area contributed by atoms with Crippen molar-refractivity contribution in [1.82, 2.24) is 0 Å². The van der Waals surface area contributed by atoms with E-state index in [1.165, 1.54) is 6.08 Å². The fraction of sp³-hybridized carbons (Fsp3) is 0.167. The van der Waals surface area contributed by atoms with Crippen molar-refractivity contribution in [1.29, 1.82) is 0 Å². The van der Waals surface area contributed by atoms with Crippen LogP contribution in [-0.2, 0) is 0 Å². The van der Waals surface area contributed by atoms with E-state index in [0.717, 1.165) is 0 Å². The summed E-state index contributed by atoms with van der Waals surface area (Å²) in [5.74, 6) is 2.16. The minimum absolute atomic E-state index is 1.02. The normalized spacial score (nSPS) is 10.5. The monoisotopic (exact) mass is 80.1 g/mol. The minimum Gasteiger partial charge on any atom is 0.00720 e. The van der Waals surface area contributed by atoms with Gasteiger partial charge in [0.25, 0.3) is 0 Å². The van der Waals surface area contributed by atoms with Gasteiger partial charge in [0.15, 0.2) is 6.08 Å². The van der Waals surface area contributed by atoms with E-state index < -0.39 is 6.88 Å². The fourth-order valence-electron chi connectivity index (χ4n) is 0.0778. The molecule has 0 atom stereocenters. The molecule has 0 heteroatoms. The van der Waals surface area contributed by atoms with E-state index in [1.54, 1.807) is 0 Å². The van der Waals surface area contributed by atoms with Crippen molar-refractivity contribution < 1.29 is 4.11 Å². The van der Waals surface area contributed by atoms with E-state index in [0.29, 0.717) is 0 Å². The Morgan fingerprint density at radius 1 is 2.33 bits per heavy atom. The highest BCUT2D eigenvalue weighted by atomic mass is 13.5. The fourth-order valence-corrected chi connectivity index (χ4v) is 0.0778. The van der Waals surface area contributed by atoms with Crippen LogP contribution in [0.3, 0.4) is 0 Å². The predicted molar refractivity (Wildman–Crippen MR) is 25.8 cm³/mol. The molecule has 0 heterocycles. The number of rotatable bonds is 0. The molecule has 0 aliphatic rings. The van der Waals surface area contributed by atoms with Crippen molar-refractivity contribution in [3.05, 3.63) is 17.9 Å². The van der Waals surface area contributed by atoms with Crippen LogP contribution in [0.4, 0.5) is 0 Å². The molecule has 0 radical (unpaired) electrons. The first-order chi connectivity index (χ1) is 4.27. The molecule has 0 unspecified atom stereocenters. The van der Waals surface area contributed by atoms with Crippen LogP contribution < -0.4 is 0 Å². The van der Waals surface area contributed by atoms with Gasteiger partial charge in [-0.15, -0.1) is 0 Å². The van der Waals surface area contributed by atoms with E-state index in [9.17, 15) is 0 Å². The van der Waals surface area contributed by atoms with Crippen molar-refractivity contribution in [2.24, 2.45) is 0 Å². The number of hydrogen-bond donors (Lipinski definition) is 0. The van der Waals surface area contributed by atoms with Crippen molar-refractivity contribution in [2.75, 3.05) is 0 Å². The van der Waals surface area contributed by atoms with Crippen molar-refractivity contribution >= 4 is 0 Å². The van der Waals surface area contributed by atoms with Crippen molar-refractivity contribution in [2.45, 2.75) is 6.88 Å². The second kappa shape index (κ2) is 3.99. The van der Waals surface area contributed by atoms with Gasteiger partial charge in [-0.3, -0.25) is 0 Å². The van der Waals surface area contributed by atoms with Gasteiger partial charge in [0.1, 0.15) is 5.92 Å². The predicted octanol–water partition coefficient (Wildman–Crippen LogP) is 1.15. The van der Waals surface area contributed by atoms with Gasteiger partial charge < -0.3 is 0 Å². The molecule has 0 aromatic rings. The quantitative estimate of drug-likeness (QED) is 0.232. The minimum atomic E-state index is -1.02. The number of allylic oxidation sites excluding steroid dienone is 1. The summed E-state index contributed by atoms with van der Waals surface area (Å²) in [6.07, 6.45) is 5.28. The standard InChI is InChI=1S/C6H5/c1-3-5-6-4-2/h1,4H,2H3/q+1/i1D,2D2. The maximum atomic E-state index is 6.63. The van der Waals surface area contributed by atoms with Gasteiger partial charge in [0, 0.05) is 16.0 Å². The van der Waals surface area contributed by atoms with Crippen LogP contribution in [0.25, 0.3) is 0 Å². The van der Waals surface area contributed by atoms with Crippen LogP contribution in [0.2, 0.25) is 0 Å². The average molecular weight is 80.1 g/mol. The Bertz CT molecular complexity index is 176. The molecule has 0 aromatic heterocycles. The zero-order valence-corrected chi connectivity index (χ0v) is 3.15. The molecule has 0 amide bonds. The summed E-state index contributed by atoms with van der Waals surface area (Å²) in [7, 11) is 0. The summed E-state index contributed by atoms with van der Waals surface area (Å²) in [6, 6.07) is 0. The highest BCUT2D eigenvalue weighted by molar-refractivity contribution is 4.99. The first-order valence-electron chi connectivity index (χ1n) is 3.03. The van der Waals surface area contributed by atoms with Crippen LogP contribution in [0.1, 0.15) is 11.0 Å². The molecular formula is C6H5+. The molecule has 0 fully saturated rings. The van der Waals surface area contributed by atoms with Crippen LogP contribution in [0, 0.1) is 18.4 Å². The molecule has 0 nitrogen and oxygen atoms in total. The summed E-state index contributed by atoms with van der Waals surface area (Å²) in [6.45, 7) is -1.02. The van der Waals surface area contributed by atoms with Crippen LogP contribution in [0.5, 0.6) is 0 Å². The van der Waals surface area contributed by atoms with E-state index >= 15 is 0 Å². The van der Waals surface area contributed by atoms with Gasteiger partial charge in [-0.25, -0.2) is 0 Å². The summed E-state index contributed by atoms with van der Waals surface area (Å²) in [4.78, 5) is 0. The highest BCUT2D eigenvalue weighted by Gasteiger charge is 1.56. The van der Waals surface area contributed by atoms with Gasteiger partial charge in [-0.2, -0.15) is 0 Å². The largest absolute Gasteiger partial charge is 0.231 e. The molecule has 0 bridgehead atoms. The molecule has 6 heavy (non-hydrogen) atoms. The van der Waals surface area contributed by atoms with Gasteiger partial charge in [-0.1, -0.05) is 0 Å². The number of hydrogen-bond acceptors (Lipinski definition) is 0. The third-order valence-electron chi connectivity index (χ3n) is 0.218. The van der Waals surface area contributed by atoms with E-state index in [1.807, 2.05) is 6.40 Å². The third-order valence-corrected chi connectivity index (χ3v) is 0.218. The second-order valence-corrected chi connectivity index (χ2v) is 0.561. The van der Waals surface area contributed by atoms with Crippen molar-refractivity contribution in [3.63, 3.8) is 0 Å². The highest BCUT2D eigenvalue weighted by Crippen LogP contribution is 1.56. The summed E-state index contributed by atoms with van der Waals surface area (Å²) in [5.41, 5.74) is 2.34. The Hall–Kier alpha value is -1.01. The molecule has 0 rings (SSSR count).